The number of hydrogen-bond acceptors (Lipinski definition) is 3. The third kappa shape index (κ3) is 84.0. The molecule has 4 heteroatoms. The first kappa shape index (κ1) is 9.15. The summed E-state index contributed by atoms with van der Waals surface area (Å²) in [6.45, 7) is 0. The molecule has 0 aromatic carbocycles. The molecule has 0 aliphatic heterocycles. The topological polar surface area (TPSA) is 46.1 Å². The van der Waals surface area contributed by atoms with Crippen molar-refractivity contribution < 1.29 is 37.5 Å². The number of thiocarbonyl (C=S) groups is 1. The van der Waals surface area contributed by atoms with Gasteiger partial charge in [-0.15, -0.1) is 17.5 Å². The first-order valence-electron chi connectivity index (χ1n) is 0.612. The van der Waals surface area contributed by atoms with Crippen LogP contribution in [-0.2, 0) is 27.3 Å². The van der Waals surface area contributed by atoms with Crippen molar-refractivity contribution >= 4 is 17.5 Å². The van der Waals surface area contributed by atoms with Gasteiger partial charge in [0.15, 0.2) is 0 Å². The van der Waals surface area contributed by atoms with E-state index >= 15 is 0 Å². The van der Waals surface area contributed by atoms with Crippen molar-refractivity contribution in [2.75, 3.05) is 0 Å². The summed E-state index contributed by atoms with van der Waals surface area (Å²) >= 11 is 3.43. The van der Waals surface area contributed by atoms with E-state index in [1.54, 1.807) is 0 Å². The Morgan fingerprint density at radius 1 is 1.40 bits per heavy atom. The molecule has 0 fully saturated rings. The van der Waals surface area contributed by atoms with Gasteiger partial charge in [-0.2, -0.15) is 0 Å². The minimum absolute atomic E-state index is 0. The summed E-state index contributed by atoms with van der Waals surface area (Å²) in [5.74, 6) is 0. The normalized spacial score (nSPS) is 4.80. The zero-order valence-electron chi connectivity index (χ0n) is 2.43. The molecule has 0 spiro atoms. The minimum Gasteiger partial charge on any atom is -0.876 e. The summed E-state index contributed by atoms with van der Waals surface area (Å²) in [6.07, 6.45) is 0. The zero-order chi connectivity index (χ0) is 3.58. The molecule has 0 bridgehead atoms. The molecule has 5 heavy (non-hydrogen) atoms. The van der Waals surface area contributed by atoms with Gasteiger partial charge < -0.3 is 10.2 Å². The molecule has 0 aromatic rings. The molecule has 0 aliphatic carbocycles. The Hall–Kier alpha value is 0.612. The fraction of sp³-hybridized carbons (Fsp3) is 0. The van der Waals surface area contributed by atoms with Gasteiger partial charge in [-0.1, -0.05) is 0 Å². The van der Waals surface area contributed by atoms with Crippen molar-refractivity contribution in [1.82, 2.24) is 0 Å². The Bertz CT molecular complexity index is 32.6. The molecule has 0 saturated heterocycles. The molecule has 0 amide bonds. The molecule has 0 unspecified atom stereocenters. The SMILES string of the molecule is [Cd+2].[O-]C([O-])=S. The molecule has 0 saturated carbocycles. The standard InChI is InChI=1S/CH2O2S.Cd/c2-1(3)4;/h(H2,2,3,4);/q;+2/p-2. The maximum absolute atomic E-state index is 8.70. The van der Waals surface area contributed by atoms with Gasteiger partial charge in [-0.05, 0) is 0 Å². The predicted octanol–water partition coefficient (Wildman–Crippen LogP) is -2.01. The van der Waals surface area contributed by atoms with Crippen LogP contribution < -0.4 is 10.2 Å². The van der Waals surface area contributed by atoms with Crippen LogP contribution in [-0.4, -0.2) is 5.24 Å². The fourth-order valence-electron chi connectivity index (χ4n) is 0. The number of rotatable bonds is 0. The Kier molecular flexibility index (Phi) is 8.44. The summed E-state index contributed by atoms with van der Waals surface area (Å²) in [6, 6.07) is 0. The fourth-order valence-corrected chi connectivity index (χ4v) is 0. The van der Waals surface area contributed by atoms with E-state index < -0.39 is 5.24 Å². The van der Waals surface area contributed by atoms with Crippen molar-refractivity contribution in [3.05, 3.63) is 0 Å². The average Bonchev–Trinajstić information content (AvgIpc) is 0.811. The van der Waals surface area contributed by atoms with Crippen molar-refractivity contribution in [3.63, 3.8) is 0 Å². The molecular formula is CCdO2S. The van der Waals surface area contributed by atoms with Gasteiger partial charge in [0.25, 0.3) is 0 Å². The molecule has 0 aromatic heterocycles. The Balaban J connectivity index is 0. The molecule has 0 rings (SSSR count). The monoisotopic (exact) mass is 190 g/mol. The van der Waals surface area contributed by atoms with Gasteiger partial charge in [0.05, 0.1) is 0 Å². The maximum Gasteiger partial charge on any atom is 2.00 e. The van der Waals surface area contributed by atoms with E-state index in [4.69, 9.17) is 10.2 Å². The molecule has 0 atom stereocenters. The minimum atomic E-state index is -1.50. The first-order valence-corrected chi connectivity index (χ1v) is 1.02. The van der Waals surface area contributed by atoms with Gasteiger partial charge in [0, 0.05) is 0 Å². The number of hydrogen-bond donors (Lipinski definition) is 0. The molecule has 0 aliphatic rings. The van der Waals surface area contributed by atoms with Crippen LogP contribution in [0.3, 0.4) is 0 Å². The predicted molar refractivity (Wildman–Crippen MR) is 12.6 cm³/mol. The van der Waals surface area contributed by atoms with Crippen LogP contribution in [0.15, 0.2) is 0 Å². The van der Waals surface area contributed by atoms with Crippen LogP contribution in [0.2, 0.25) is 0 Å². The largest absolute Gasteiger partial charge is 2.00 e. The molecule has 0 radical (unpaired) electrons. The van der Waals surface area contributed by atoms with E-state index in [2.05, 4.69) is 12.2 Å². The van der Waals surface area contributed by atoms with Crippen LogP contribution in [0.25, 0.3) is 0 Å². The molecular weight excluding hydrogens is 188 g/mol. The van der Waals surface area contributed by atoms with Gasteiger partial charge in [-0.25, -0.2) is 0 Å². The Morgan fingerprint density at radius 2 is 1.40 bits per heavy atom. The zero-order valence-corrected chi connectivity index (χ0v) is 7.28. The summed E-state index contributed by atoms with van der Waals surface area (Å²) < 4.78 is 0. The molecule has 2 nitrogen and oxygen atoms in total. The van der Waals surface area contributed by atoms with E-state index in [9.17, 15) is 0 Å². The summed E-state index contributed by atoms with van der Waals surface area (Å²) in [5.41, 5.74) is 0. The van der Waals surface area contributed by atoms with Crippen molar-refractivity contribution in [2.24, 2.45) is 0 Å². The smallest absolute Gasteiger partial charge is 0.876 e. The summed E-state index contributed by atoms with van der Waals surface area (Å²) in [4.78, 5) is 0. The van der Waals surface area contributed by atoms with Gasteiger partial charge >= 0.3 is 27.3 Å². The summed E-state index contributed by atoms with van der Waals surface area (Å²) in [5, 5.41) is 15.9. The van der Waals surface area contributed by atoms with E-state index in [1.807, 2.05) is 0 Å². The van der Waals surface area contributed by atoms with Crippen molar-refractivity contribution in [1.29, 1.82) is 0 Å². The van der Waals surface area contributed by atoms with Gasteiger partial charge in [-0.3, -0.25) is 0 Å². The van der Waals surface area contributed by atoms with Crippen molar-refractivity contribution in [2.45, 2.75) is 0 Å². The second-order valence-corrected chi connectivity index (χ2v) is 0.583. The molecule has 24 valence electrons. The first-order chi connectivity index (χ1) is 1.73. The Labute approximate surface area is 55.0 Å². The van der Waals surface area contributed by atoms with Crippen molar-refractivity contribution in [3.8, 4) is 0 Å². The van der Waals surface area contributed by atoms with E-state index in [0.717, 1.165) is 0 Å². The summed E-state index contributed by atoms with van der Waals surface area (Å²) in [7, 11) is 0. The third-order valence-electron chi connectivity index (χ3n) is 0. The Morgan fingerprint density at radius 3 is 1.40 bits per heavy atom. The van der Waals surface area contributed by atoms with E-state index in [-0.39, 0.29) is 27.3 Å². The second kappa shape index (κ2) is 4.61. The van der Waals surface area contributed by atoms with Crippen LogP contribution in [0, 0.1) is 0 Å². The second-order valence-electron chi connectivity index (χ2n) is 0.250. The van der Waals surface area contributed by atoms with Crippen LogP contribution in [0.5, 0.6) is 0 Å². The van der Waals surface area contributed by atoms with Gasteiger partial charge in [0.2, 0.25) is 0 Å². The third-order valence-corrected chi connectivity index (χ3v) is 0. The molecule has 0 N–H and O–H groups in total. The average molecular weight is 188 g/mol. The van der Waals surface area contributed by atoms with Crippen LogP contribution in [0.4, 0.5) is 0 Å². The van der Waals surface area contributed by atoms with E-state index in [0.29, 0.717) is 0 Å². The molecule has 0 heterocycles. The quantitative estimate of drug-likeness (QED) is 0.326. The van der Waals surface area contributed by atoms with Crippen LogP contribution >= 0.6 is 12.2 Å². The van der Waals surface area contributed by atoms with Crippen LogP contribution in [0.1, 0.15) is 0 Å². The maximum atomic E-state index is 8.70. The van der Waals surface area contributed by atoms with Gasteiger partial charge in [0.1, 0.15) is 0 Å². The van der Waals surface area contributed by atoms with E-state index in [1.165, 1.54) is 0 Å².